The average molecular weight is 352 g/mol. The van der Waals surface area contributed by atoms with Crippen molar-refractivity contribution >= 4 is 21.7 Å². The Morgan fingerprint density at radius 1 is 1.38 bits per heavy atom. The fourth-order valence-corrected chi connectivity index (χ4v) is 3.42. The van der Waals surface area contributed by atoms with Crippen LogP contribution in [0.3, 0.4) is 0 Å². The standard InChI is InChI=1S/C17H26BrN3/c1-3-17(2)6-8-21(9-7-17)16-13(10-14(18)12-20-16)11-19-15-4-5-15/h10,12,15,19H,3-9,11H2,1-2H3. The van der Waals surface area contributed by atoms with Crippen molar-refractivity contribution in [3.8, 4) is 0 Å². The van der Waals surface area contributed by atoms with Gasteiger partial charge in [-0.2, -0.15) is 0 Å². The van der Waals surface area contributed by atoms with Gasteiger partial charge in [-0.3, -0.25) is 0 Å². The predicted octanol–water partition coefficient (Wildman–Crippen LogP) is 4.11. The molecule has 4 heteroatoms. The molecule has 3 rings (SSSR count). The molecule has 1 aromatic heterocycles. The molecule has 1 N–H and O–H groups in total. The van der Waals surface area contributed by atoms with Crippen molar-refractivity contribution in [2.75, 3.05) is 18.0 Å². The summed E-state index contributed by atoms with van der Waals surface area (Å²) in [5, 5.41) is 3.62. The Bertz CT molecular complexity index is 491. The number of hydrogen-bond donors (Lipinski definition) is 1. The zero-order valence-electron chi connectivity index (χ0n) is 13.2. The number of aromatic nitrogens is 1. The van der Waals surface area contributed by atoms with Gasteiger partial charge in [0.15, 0.2) is 0 Å². The summed E-state index contributed by atoms with van der Waals surface area (Å²) in [6, 6.07) is 2.97. The van der Waals surface area contributed by atoms with E-state index in [-0.39, 0.29) is 0 Å². The molecule has 2 fully saturated rings. The summed E-state index contributed by atoms with van der Waals surface area (Å²) < 4.78 is 1.08. The first-order valence-electron chi connectivity index (χ1n) is 8.22. The first kappa shape index (κ1) is 15.3. The molecule has 0 unspecified atom stereocenters. The first-order valence-corrected chi connectivity index (χ1v) is 9.02. The first-order chi connectivity index (χ1) is 10.1. The summed E-state index contributed by atoms with van der Waals surface area (Å²) >= 11 is 3.56. The van der Waals surface area contributed by atoms with E-state index in [9.17, 15) is 0 Å². The maximum atomic E-state index is 4.71. The highest BCUT2D eigenvalue weighted by Gasteiger charge is 2.30. The number of anilines is 1. The quantitative estimate of drug-likeness (QED) is 0.864. The summed E-state index contributed by atoms with van der Waals surface area (Å²) in [6.07, 6.45) is 8.42. The van der Waals surface area contributed by atoms with Gasteiger partial charge >= 0.3 is 0 Å². The van der Waals surface area contributed by atoms with Crippen LogP contribution in [0.5, 0.6) is 0 Å². The van der Waals surface area contributed by atoms with Crippen molar-refractivity contribution in [2.24, 2.45) is 5.41 Å². The fraction of sp³-hybridized carbons (Fsp3) is 0.706. The van der Waals surface area contributed by atoms with E-state index in [4.69, 9.17) is 4.98 Å². The average Bonchev–Trinajstić information content (AvgIpc) is 3.31. The minimum absolute atomic E-state index is 0.526. The van der Waals surface area contributed by atoms with Crippen molar-refractivity contribution in [3.63, 3.8) is 0 Å². The van der Waals surface area contributed by atoms with Gasteiger partial charge in [0.2, 0.25) is 0 Å². The van der Waals surface area contributed by atoms with Crippen LogP contribution in [-0.2, 0) is 6.54 Å². The third kappa shape index (κ3) is 3.78. The van der Waals surface area contributed by atoms with E-state index in [1.807, 2.05) is 6.20 Å². The van der Waals surface area contributed by atoms with Crippen molar-refractivity contribution in [2.45, 2.75) is 58.5 Å². The van der Waals surface area contributed by atoms with Crippen LogP contribution in [0.25, 0.3) is 0 Å². The van der Waals surface area contributed by atoms with E-state index in [1.54, 1.807) is 0 Å². The fourth-order valence-electron chi connectivity index (χ4n) is 3.04. The molecule has 1 aromatic rings. The number of nitrogens with zero attached hydrogens (tertiary/aromatic N) is 2. The monoisotopic (exact) mass is 351 g/mol. The largest absolute Gasteiger partial charge is 0.356 e. The predicted molar refractivity (Wildman–Crippen MR) is 91.6 cm³/mol. The number of piperidine rings is 1. The van der Waals surface area contributed by atoms with Gasteiger partial charge < -0.3 is 10.2 Å². The van der Waals surface area contributed by atoms with E-state index in [2.05, 4.69) is 46.1 Å². The minimum Gasteiger partial charge on any atom is -0.356 e. The van der Waals surface area contributed by atoms with Gasteiger partial charge in [-0.15, -0.1) is 0 Å². The van der Waals surface area contributed by atoms with Gasteiger partial charge in [-0.25, -0.2) is 4.98 Å². The van der Waals surface area contributed by atoms with Crippen molar-refractivity contribution in [1.82, 2.24) is 10.3 Å². The van der Waals surface area contributed by atoms with Crippen LogP contribution in [0.4, 0.5) is 5.82 Å². The Morgan fingerprint density at radius 3 is 2.71 bits per heavy atom. The molecule has 1 aliphatic heterocycles. The van der Waals surface area contributed by atoms with Gasteiger partial charge in [-0.1, -0.05) is 20.3 Å². The molecule has 0 atom stereocenters. The Balaban J connectivity index is 1.71. The molecule has 2 heterocycles. The van der Waals surface area contributed by atoms with Crippen LogP contribution in [-0.4, -0.2) is 24.1 Å². The van der Waals surface area contributed by atoms with Crippen LogP contribution in [0.15, 0.2) is 16.7 Å². The number of halogens is 1. The number of pyridine rings is 1. The second kappa shape index (κ2) is 6.25. The normalized spacial score (nSPS) is 21.6. The van der Waals surface area contributed by atoms with Crippen molar-refractivity contribution in [1.29, 1.82) is 0 Å². The Kier molecular flexibility index (Phi) is 4.55. The Morgan fingerprint density at radius 2 is 2.10 bits per heavy atom. The van der Waals surface area contributed by atoms with Crippen molar-refractivity contribution in [3.05, 3.63) is 22.3 Å². The van der Waals surface area contributed by atoms with Gasteiger partial charge in [0.05, 0.1) is 0 Å². The van der Waals surface area contributed by atoms with E-state index in [0.29, 0.717) is 5.41 Å². The lowest BCUT2D eigenvalue weighted by Crippen LogP contribution is -2.39. The minimum atomic E-state index is 0.526. The molecular weight excluding hydrogens is 326 g/mol. The maximum Gasteiger partial charge on any atom is 0.133 e. The van der Waals surface area contributed by atoms with Crippen molar-refractivity contribution < 1.29 is 0 Å². The highest BCUT2D eigenvalue weighted by molar-refractivity contribution is 9.10. The van der Waals surface area contributed by atoms with Crippen LogP contribution in [0, 0.1) is 5.41 Å². The van der Waals surface area contributed by atoms with Crippen LogP contribution in [0.1, 0.15) is 51.5 Å². The zero-order valence-corrected chi connectivity index (χ0v) is 14.7. The summed E-state index contributed by atoms with van der Waals surface area (Å²) in [7, 11) is 0. The van der Waals surface area contributed by atoms with Crippen LogP contribution >= 0.6 is 15.9 Å². The van der Waals surface area contributed by atoms with E-state index in [1.165, 1.54) is 43.5 Å². The highest BCUT2D eigenvalue weighted by Crippen LogP contribution is 2.36. The molecular formula is C17H26BrN3. The van der Waals surface area contributed by atoms with Gasteiger partial charge in [0.1, 0.15) is 5.82 Å². The molecule has 0 spiro atoms. The SMILES string of the molecule is CCC1(C)CCN(c2ncc(Br)cc2CNC2CC2)CC1. The lowest BCUT2D eigenvalue weighted by atomic mass is 9.78. The number of nitrogens with one attached hydrogen (secondary N) is 1. The molecule has 1 aliphatic carbocycles. The van der Waals surface area contributed by atoms with Crippen LogP contribution in [0.2, 0.25) is 0 Å². The molecule has 3 nitrogen and oxygen atoms in total. The topological polar surface area (TPSA) is 28.2 Å². The van der Waals surface area contributed by atoms with Crippen LogP contribution < -0.4 is 10.2 Å². The molecule has 21 heavy (non-hydrogen) atoms. The maximum absolute atomic E-state index is 4.71. The Labute approximate surface area is 136 Å². The smallest absolute Gasteiger partial charge is 0.133 e. The van der Waals surface area contributed by atoms with E-state index < -0.39 is 0 Å². The molecule has 0 amide bonds. The molecule has 2 aliphatic rings. The second-order valence-electron chi connectivity index (χ2n) is 6.94. The summed E-state index contributed by atoms with van der Waals surface area (Å²) in [6.45, 7) is 7.95. The van der Waals surface area contributed by atoms with Gasteiger partial charge in [0.25, 0.3) is 0 Å². The van der Waals surface area contributed by atoms with Gasteiger partial charge in [0, 0.05) is 41.9 Å². The van der Waals surface area contributed by atoms with E-state index in [0.717, 1.165) is 30.1 Å². The summed E-state index contributed by atoms with van der Waals surface area (Å²) in [5.41, 5.74) is 1.86. The number of hydrogen-bond acceptors (Lipinski definition) is 3. The molecule has 1 saturated carbocycles. The molecule has 1 saturated heterocycles. The zero-order chi connectivity index (χ0) is 14.9. The van der Waals surface area contributed by atoms with Gasteiger partial charge in [-0.05, 0) is 53.1 Å². The number of rotatable bonds is 5. The summed E-state index contributed by atoms with van der Waals surface area (Å²) in [4.78, 5) is 7.19. The Hall–Kier alpha value is -0.610. The third-order valence-corrected chi connectivity index (χ3v) is 5.63. The van der Waals surface area contributed by atoms with E-state index >= 15 is 0 Å². The highest BCUT2D eigenvalue weighted by atomic mass is 79.9. The lowest BCUT2D eigenvalue weighted by molar-refractivity contribution is 0.237. The molecule has 116 valence electrons. The second-order valence-corrected chi connectivity index (χ2v) is 7.86. The third-order valence-electron chi connectivity index (χ3n) is 5.19. The lowest BCUT2D eigenvalue weighted by Gasteiger charge is -2.40. The molecule has 0 radical (unpaired) electrons. The molecule has 0 bridgehead atoms. The molecule has 0 aromatic carbocycles. The summed E-state index contributed by atoms with van der Waals surface area (Å²) in [5.74, 6) is 1.18.